The molecule has 0 spiro atoms. The minimum Gasteiger partial charge on any atom is -0.316 e. The Labute approximate surface area is 83.1 Å². The van der Waals surface area contributed by atoms with E-state index in [1.54, 1.807) is 4.68 Å². The Morgan fingerprint density at radius 1 is 1.62 bits per heavy atom. The zero-order valence-electron chi connectivity index (χ0n) is 7.97. The Hall–Kier alpha value is -0.540. The smallest absolute Gasteiger partial charge is 0.131 e. The van der Waals surface area contributed by atoms with E-state index in [0.717, 1.165) is 11.7 Å². The van der Waals surface area contributed by atoms with Crippen molar-refractivity contribution in [2.75, 3.05) is 7.05 Å². The summed E-state index contributed by atoms with van der Waals surface area (Å²) in [5, 5.41) is 8.33. The molecule has 0 saturated heterocycles. The molecular weight excluding hydrogens is 186 g/mol. The van der Waals surface area contributed by atoms with Gasteiger partial charge in [-0.05, 0) is 19.9 Å². The van der Waals surface area contributed by atoms with Gasteiger partial charge in [-0.2, -0.15) is 5.10 Å². The summed E-state index contributed by atoms with van der Waals surface area (Å²) in [7, 11) is 3.83. The first-order valence-electron chi connectivity index (χ1n) is 4.60. The van der Waals surface area contributed by atoms with Crippen LogP contribution in [-0.2, 0) is 13.6 Å². The van der Waals surface area contributed by atoms with Crippen LogP contribution in [-0.4, -0.2) is 16.8 Å². The van der Waals surface area contributed by atoms with Gasteiger partial charge in [0, 0.05) is 25.1 Å². The van der Waals surface area contributed by atoms with Gasteiger partial charge in [0.05, 0.1) is 5.69 Å². The summed E-state index contributed by atoms with van der Waals surface area (Å²) >= 11 is 6.13. The number of hydrogen-bond donors (Lipinski definition) is 1. The van der Waals surface area contributed by atoms with E-state index < -0.39 is 0 Å². The minimum absolute atomic E-state index is 0.669. The third-order valence-corrected chi connectivity index (χ3v) is 2.89. The van der Waals surface area contributed by atoms with Crippen LogP contribution in [0.5, 0.6) is 0 Å². The van der Waals surface area contributed by atoms with Gasteiger partial charge in [0.25, 0.3) is 0 Å². The van der Waals surface area contributed by atoms with Crippen molar-refractivity contribution in [3.8, 4) is 0 Å². The number of nitrogens with one attached hydrogen (secondary N) is 1. The van der Waals surface area contributed by atoms with E-state index in [1.165, 1.54) is 24.1 Å². The molecule has 0 unspecified atom stereocenters. The van der Waals surface area contributed by atoms with E-state index in [1.807, 2.05) is 14.1 Å². The molecule has 0 atom stereocenters. The molecule has 13 heavy (non-hydrogen) atoms. The number of aryl methyl sites for hydroxylation is 1. The molecule has 1 N–H and O–H groups in total. The number of rotatable bonds is 3. The lowest BCUT2D eigenvalue weighted by Gasteiger charge is -1.99. The molecule has 1 aromatic rings. The van der Waals surface area contributed by atoms with Crippen LogP contribution in [0.1, 0.15) is 30.0 Å². The van der Waals surface area contributed by atoms with Crippen LogP contribution >= 0.6 is 11.6 Å². The fourth-order valence-electron chi connectivity index (χ4n) is 1.59. The first-order chi connectivity index (χ1) is 6.24. The Balaban J connectivity index is 2.35. The molecule has 0 bridgehead atoms. The van der Waals surface area contributed by atoms with Crippen LogP contribution in [0, 0.1) is 0 Å². The first kappa shape index (κ1) is 9.03. The van der Waals surface area contributed by atoms with Crippen molar-refractivity contribution in [3.63, 3.8) is 0 Å². The van der Waals surface area contributed by atoms with Crippen LogP contribution in [0.4, 0.5) is 0 Å². The molecule has 2 rings (SSSR count). The molecule has 1 heterocycles. The van der Waals surface area contributed by atoms with E-state index in [0.29, 0.717) is 5.92 Å². The van der Waals surface area contributed by atoms with Gasteiger partial charge in [-0.25, -0.2) is 0 Å². The highest BCUT2D eigenvalue weighted by Gasteiger charge is 2.30. The molecule has 4 heteroatoms. The van der Waals surface area contributed by atoms with E-state index in [9.17, 15) is 0 Å². The van der Waals surface area contributed by atoms with Gasteiger partial charge >= 0.3 is 0 Å². The maximum absolute atomic E-state index is 6.13. The Morgan fingerprint density at radius 2 is 2.31 bits per heavy atom. The van der Waals surface area contributed by atoms with Crippen molar-refractivity contribution in [2.24, 2.45) is 7.05 Å². The Kier molecular flexibility index (Phi) is 2.30. The highest BCUT2D eigenvalue weighted by molar-refractivity contribution is 6.30. The molecule has 0 radical (unpaired) electrons. The van der Waals surface area contributed by atoms with E-state index in [2.05, 4.69) is 10.4 Å². The second-order valence-corrected chi connectivity index (χ2v) is 3.94. The molecule has 3 nitrogen and oxygen atoms in total. The maximum Gasteiger partial charge on any atom is 0.131 e. The molecule has 0 aromatic carbocycles. The number of aromatic nitrogens is 2. The molecular formula is C9H14ClN3. The average Bonchev–Trinajstić information content (AvgIpc) is 2.89. The highest BCUT2D eigenvalue weighted by Crippen LogP contribution is 2.42. The zero-order chi connectivity index (χ0) is 9.42. The highest BCUT2D eigenvalue weighted by atomic mass is 35.5. The number of hydrogen-bond acceptors (Lipinski definition) is 2. The summed E-state index contributed by atoms with van der Waals surface area (Å²) in [5.74, 6) is 0.669. The third kappa shape index (κ3) is 1.58. The fraction of sp³-hybridized carbons (Fsp3) is 0.667. The van der Waals surface area contributed by atoms with Gasteiger partial charge in [-0.1, -0.05) is 11.6 Å². The molecule has 1 fully saturated rings. The van der Waals surface area contributed by atoms with Crippen molar-refractivity contribution in [2.45, 2.75) is 25.3 Å². The van der Waals surface area contributed by atoms with Crippen molar-refractivity contribution in [1.29, 1.82) is 0 Å². The van der Waals surface area contributed by atoms with Crippen LogP contribution < -0.4 is 5.32 Å². The van der Waals surface area contributed by atoms with Crippen LogP contribution in [0.25, 0.3) is 0 Å². The lowest BCUT2D eigenvalue weighted by Crippen LogP contribution is -2.06. The number of nitrogens with zero attached hydrogens (tertiary/aromatic N) is 2. The first-order valence-corrected chi connectivity index (χ1v) is 4.97. The third-order valence-electron chi connectivity index (χ3n) is 2.42. The summed E-state index contributed by atoms with van der Waals surface area (Å²) in [6, 6.07) is 0. The van der Waals surface area contributed by atoms with E-state index in [4.69, 9.17) is 11.6 Å². The van der Waals surface area contributed by atoms with Crippen molar-refractivity contribution in [1.82, 2.24) is 15.1 Å². The second kappa shape index (κ2) is 3.31. The van der Waals surface area contributed by atoms with Crippen molar-refractivity contribution >= 4 is 11.6 Å². The average molecular weight is 200 g/mol. The van der Waals surface area contributed by atoms with Gasteiger partial charge in [0.2, 0.25) is 0 Å². The summed E-state index contributed by atoms with van der Waals surface area (Å²) in [5.41, 5.74) is 2.37. The molecule has 1 aliphatic carbocycles. The SMILES string of the molecule is CNCc1c(C2CC2)nn(C)c1Cl. The Bertz CT molecular complexity index is 315. The summed E-state index contributed by atoms with van der Waals surface area (Å²) in [6.07, 6.45) is 2.54. The lowest BCUT2D eigenvalue weighted by atomic mass is 10.2. The van der Waals surface area contributed by atoms with Crippen molar-refractivity contribution < 1.29 is 0 Å². The van der Waals surface area contributed by atoms with Gasteiger partial charge in [-0.3, -0.25) is 4.68 Å². The Morgan fingerprint density at radius 3 is 2.85 bits per heavy atom. The molecule has 0 aliphatic heterocycles. The summed E-state index contributed by atoms with van der Waals surface area (Å²) < 4.78 is 1.77. The van der Waals surface area contributed by atoms with E-state index in [-0.39, 0.29) is 0 Å². The summed E-state index contributed by atoms with van der Waals surface area (Å²) in [6.45, 7) is 0.818. The molecule has 72 valence electrons. The predicted molar refractivity (Wildman–Crippen MR) is 53.0 cm³/mol. The van der Waals surface area contributed by atoms with Crippen LogP contribution in [0.2, 0.25) is 5.15 Å². The monoisotopic (exact) mass is 199 g/mol. The normalized spacial score (nSPS) is 16.5. The molecule has 1 aromatic heterocycles. The van der Waals surface area contributed by atoms with Crippen LogP contribution in [0.3, 0.4) is 0 Å². The standard InChI is InChI=1S/C9H14ClN3/c1-11-5-7-8(6-3-4-6)12-13(2)9(7)10/h6,11H,3-5H2,1-2H3. The molecule has 1 saturated carbocycles. The fourth-order valence-corrected chi connectivity index (χ4v) is 1.79. The maximum atomic E-state index is 6.13. The topological polar surface area (TPSA) is 29.9 Å². The van der Waals surface area contributed by atoms with E-state index >= 15 is 0 Å². The summed E-state index contributed by atoms with van der Waals surface area (Å²) in [4.78, 5) is 0. The minimum atomic E-state index is 0.669. The quantitative estimate of drug-likeness (QED) is 0.803. The second-order valence-electron chi connectivity index (χ2n) is 3.58. The van der Waals surface area contributed by atoms with Crippen LogP contribution in [0.15, 0.2) is 0 Å². The predicted octanol–water partition coefficient (Wildman–Crippen LogP) is 1.67. The van der Waals surface area contributed by atoms with Gasteiger partial charge < -0.3 is 5.32 Å². The molecule has 1 aliphatic rings. The van der Waals surface area contributed by atoms with Crippen molar-refractivity contribution in [3.05, 3.63) is 16.4 Å². The largest absolute Gasteiger partial charge is 0.316 e. The zero-order valence-corrected chi connectivity index (χ0v) is 8.73. The van der Waals surface area contributed by atoms with Gasteiger partial charge in [-0.15, -0.1) is 0 Å². The number of halogens is 1. The lowest BCUT2D eigenvalue weighted by molar-refractivity contribution is 0.744. The van der Waals surface area contributed by atoms with Gasteiger partial charge in [0.1, 0.15) is 5.15 Å². The van der Waals surface area contributed by atoms with Gasteiger partial charge in [0.15, 0.2) is 0 Å². The molecule has 0 amide bonds.